The average molecular weight is 246 g/mol. The molecular weight excluding hydrogens is 232 g/mol. The van der Waals surface area contributed by atoms with E-state index in [-0.39, 0.29) is 0 Å². The highest BCUT2D eigenvalue weighted by Gasteiger charge is 2.00. The van der Waals surface area contributed by atoms with Gasteiger partial charge >= 0.3 is 0 Å². The number of nitrogens with zero attached hydrogens (tertiary/aromatic N) is 3. The van der Waals surface area contributed by atoms with E-state index in [1.807, 2.05) is 35.4 Å². The van der Waals surface area contributed by atoms with Crippen molar-refractivity contribution in [2.75, 3.05) is 6.54 Å². The van der Waals surface area contributed by atoms with Gasteiger partial charge in [0.15, 0.2) is 0 Å². The van der Waals surface area contributed by atoms with Gasteiger partial charge in [-0.1, -0.05) is 0 Å². The first-order valence-corrected chi connectivity index (χ1v) is 6.32. The number of hydrogen-bond donors (Lipinski definition) is 1. The van der Waals surface area contributed by atoms with E-state index in [0.29, 0.717) is 0 Å². The highest BCUT2D eigenvalue weighted by Crippen LogP contribution is 2.13. The quantitative estimate of drug-likeness (QED) is 0.817. The normalized spacial score (nSPS) is 10.4. The van der Waals surface area contributed by atoms with Crippen molar-refractivity contribution < 1.29 is 0 Å². The molecule has 88 valence electrons. The summed E-state index contributed by atoms with van der Waals surface area (Å²) in [4.78, 5) is 1.20. The van der Waals surface area contributed by atoms with Crippen LogP contribution in [0.2, 0.25) is 0 Å². The van der Waals surface area contributed by atoms with Crippen LogP contribution in [-0.2, 0) is 20.0 Å². The van der Waals surface area contributed by atoms with E-state index < -0.39 is 0 Å². The minimum absolute atomic E-state index is 0.749. The summed E-state index contributed by atoms with van der Waals surface area (Å²) in [6.07, 6.45) is 2.78. The number of aryl methyl sites for hydroxylation is 1. The molecule has 1 N–H and O–H groups in total. The third-order valence-electron chi connectivity index (χ3n) is 2.56. The summed E-state index contributed by atoms with van der Waals surface area (Å²) in [5, 5.41) is 18.1. The number of hydrogen-bond acceptors (Lipinski definition) is 4. The van der Waals surface area contributed by atoms with Crippen molar-refractivity contribution in [3.8, 4) is 6.07 Å². The predicted octanol–water partition coefficient (Wildman–Crippen LogP) is 1.69. The Morgan fingerprint density at radius 1 is 1.59 bits per heavy atom. The molecule has 0 aromatic carbocycles. The van der Waals surface area contributed by atoms with Crippen LogP contribution in [0, 0.1) is 11.3 Å². The fourth-order valence-corrected chi connectivity index (χ4v) is 2.39. The fraction of sp³-hybridized carbons (Fsp3) is 0.333. The minimum atomic E-state index is 0.749. The van der Waals surface area contributed by atoms with Crippen LogP contribution in [0.4, 0.5) is 0 Å². The number of aromatic nitrogens is 2. The fourth-order valence-electron chi connectivity index (χ4n) is 1.61. The zero-order chi connectivity index (χ0) is 12.1. The Kier molecular flexibility index (Phi) is 3.91. The molecule has 0 aliphatic heterocycles. The Morgan fingerprint density at radius 2 is 2.47 bits per heavy atom. The second kappa shape index (κ2) is 5.62. The van der Waals surface area contributed by atoms with Gasteiger partial charge in [-0.15, -0.1) is 11.3 Å². The average Bonchev–Trinajstić information content (AvgIpc) is 2.94. The summed E-state index contributed by atoms with van der Waals surface area (Å²) in [7, 11) is 1.95. The number of nitrogens with one attached hydrogen (secondary N) is 1. The van der Waals surface area contributed by atoms with Crippen molar-refractivity contribution >= 4 is 11.3 Å². The summed E-state index contributed by atoms with van der Waals surface area (Å²) in [5.74, 6) is 0. The Labute approximate surface area is 105 Å². The largest absolute Gasteiger partial charge is 0.311 e. The van der Waals surface area contributed by atoms with Crippen molar-refractivity contribution in [3.05, 3.63) is 39.8 Å². The topological polar surface area (TPSA) is 53.6 Å². The smallest absolute Gasteiger partial charge is 0.100 e. The van der Waals surface area contributed by atoms with Crippen LogP contribution in [0.1, 0.15) is 16.1 Å². The molecular formula is C12H14N4S. The van der Waals surface area contributed by atoms with Gasteiger partial charge in [-0.2, -0.15) is 10.4 Å². The molecule has 5 heteroatoms. The van der Waals surface area contributed by atoms with Gasteiger partial charge in [0.2, 0.25) is 0 Å². The highest BCUT2D eigenvalue weighted by molar-refractivity contribution is 7.10. The molecule has 0 spiro atoms. The molecule has 2 aromatic heterocycles. The van der Waals surface area contributed by atoms with Crippen molar-refractivity contribution in [2.24, 2.45) is 7.05 Å². The lowest BCUT2D eigenvalue weighted by molar-refractivity contribution is 0.646. The van der Waals surface area contributed by atoms with Crippen molar-refractivity contribution in [1.29, 1.82) is 5.26 Å². The van der Waals surface area contributed by atoms with Gasteiger partial charge < -0.3 is 5.32 Å². The lowest BCUT2D eigenvalue weighted by atomic mass is 10.3. The predicted molar refractivity (Wildman–Crippen MR) is 67.7 cm³/mol. The van der Waals surface area contributed by atoms with Crippen LogP contribution in [0.5, 0.6) is 0 Å². The summed E-state index contributed by atoms with van der Waals surface area (Å²) < 4.78 is 1.89. The molecule has 4 nitrogen and oxygen atoms in total. The second-order valence-corrected chi connectivity index (χ2v) is 4.78. The third-order valence-corrected chi connectivity index (χ3v) is 3.50. The molecule has 2 rings (SSSR count). The number of thiophene rings is 1. The Bertz CT molecular complexity index is 521. The first kappa shape index (κ1) is 11.8. The molecule has 0 aliphatic carbocycles. The van der Waals surface area contributed by atoms with Crippen molar-refractivity contribution in [3.63, 3.8) is 0 Å². The van der Waals surface area contributed by atoms with Crippen LogP contribution in [-0.4, -0.2) is 16.3 Å². The summed E-state index contributed by atoms with van der Waals surface area (Å²) in [6, 6.07) is 6.10. The van der Waals surface area contributed by atoms with E-state index in [2.05, 4.69) is 16.5 Å². The zero-order valence-electron chi connectivity index (χ0n) is 9.68. The van der Waals surface area contributed by atoms with Crippen LogP contribution < -0.4 is 5.32 Å². The molecule has 2 aromatic rings. The standard InChI is InChI=1S/C12H14N4S/c1-16-11(3-5-15-16)2-4-14-8-12-6-10(7-13)9-17-12/h3,5-6,9,14H,2,4,8H2,1H3. The number of rotatable bonds is 5. The molecule has 0 amide bonds. The molecule has 0 radical (unpaired) electrons. The molecule has 0 bridgehead atoms. The molecule has 0 saturated carbocycles. The van der Waals surface area contributed by atoms with E-state index in [4.69, 9.17) is 5.26 Å². The Hall–Kier alpha value is -1.64. The van der Waals surface area contributed by atoms with E-state index in [1.54, 1.807) is 11.3 Å². The van der Waals surface area contributed by atoms with Crippen molar-refractivity contribution in [1.82, 2.24) is 15.1 Å². The van der Waals surface area contributed by atoms with Gasteiger partial charge in [-0.25, -0.2) is 0 Å². The van der Waals surface area contributed by atoms with Crippen LogP contribution in [0.15, 0.2) is 23.7 Å². The van der Waals surface area contributed by atoms with E-state index >= 15 is 0 Å². The zero-order valence-corrected chi connectivity index (χ0v) is 10.5. The lowest BCUT2D eigenvalue weighted by Gasteiger charge is -2.03. The minimum Gasteiger partial charge on any atom is -0.311 e. The Morgan fingerprint density at radius 3 is 3.12 bits per heavy atom. The molecule has 0 aliphatic rings. The maximum Gasteiger partial charge on any atom is 0.100 e. The van der Waals surface area contributed by atoms with Gasteiger partial charge in [0.05, 0.1) is 5.56 Å². The number of nitriles is 1. The SMILES string of the molecule is Cn1nccc1CCNCc1cc(C#N)cs1. The molecule has 17 heavy (non-hydrogen) atoms. The van der Waals surface area contributed by atoms with E-state index in [0.717, 1.165) is 25.1 Å². The molecule has 0 atom stereocenters. The van der Waals surface area contributed by atoms with Crippen LogP contribution in [0.25, 0.3) is 0 Å². The summed E-state index contributed by atoms with van der Waals surface area (Å²) in [5.41, 5.74) is 1.97. The molecule has 2 heterocycles. The maximum atomic E-state index is 8.70. The van der Waals surface area contributed by atoms with Gasteiger partial charge in [0.25, 0.3) is 0 Å². The Balaban J connectivity index is 1.73. The summed E-state index contributed by atoms with van der Waals surface area (Å²) in [6.45, 7) is 1.74. The lowest BCUT2D eigenvalue weighted by Crippen LogP contribution is -2.17. The molecule has 0 fully saturated rings. The van der Waals surface area contributed by atoms with Gasteiger partial charge in [0, 0.05) is 48.7 Å². The van der Waals surface area contributed by atoms with E-state index in [9.17, 15) is 0 Å². The highest BCUT2D eigenvalue weighted by atomic mass is 32.1. The van der Waals surface area contributed by atoms with Gasteiger partial charge in [0.1, 0.15) is 6.07 Å². The molecule has 0 saturated heterocycles. The van der Waals surface area contributed by atoms with Crippen molar-refractivity contribution in [2.45, 2.75) is 13.0 Å². The van der Waals surface area contributed by atoms with Gasteiger partial charge in [-0.05, 0) is 12.1 Å². The first-order chi connectivity index (χ1) is 8.29. The van der Waals surface area contributed by atoms with Gasteiger partial charge in [-0.3, -0.25) is 4.68 Å². The first-order valence-electron chi connectivity index (χ1n) is 5.44. The maximum absolute atomic E-state index is 8.70. The van der Waals surface area contributed by atoms with Crippen LogP contribution in [0.3, 0.4) is 0 Å². The van der Waals surface area contributed by atoms with Crippen LogP contribution >= 0.6 is 11.3 Å². The monoisotopic (exact) mass is 246 g/mol. The molecule has 0 unspecified atom stereocenters. The summed E-state index contributed by atoms with van der Waals surface area (Å²) >= 11 is 1.62. The van der Waals surface area contributed by atoms with E-state index in [1.165, 1.54) is 10.6 Å². The second-order valence-electron chi connectivity index (χ2n) is 3.79. The third kappa shape index (κ3) is 3.16.